The fourth-order valence-electron chi connectivity index (χ4n) is 6.12. The van der Waals surface area contributed by atoms with Crippen LogP contribution in [0.2, 0.25) is 0 Å². The molecule has 2 aliphatic heterocycles. The number of piperidine rings is 2. The van der Waals surface area contributed by atoms with Crippen LogP contribution >= 0.6 is 0 Å². The number of aryl methyl sites for hydroxylation is 2. The number of rotatable bonds is 6. The molecule has 2 aromatic rings. The second-order valence-corrected chi connectivity index (χ2v) is 10.8. The van der Waals surface area contributed by atoms with Crippen molar-refractivity contribution in [2.45, 2.75) is 84.2 Å². The predicted octanol–water partition coefficient (Wildman–Crippen LogP) is 3.51. The molecule has 2 aromatic heterocycles. The number of fused-ring (bicyclic) bond motifs is 1. The summed E-state index contributed by atoms with van der Waals surface area (Å²) in [5.41, 5.74) is 5.45. The first-order valence-electron chi connectivity index (χ1n) is 13.8. The summed E-state index contributed by atoms with van der Waals surface area (Å²) in [6, 6.07) is 4.44. The van der Waals surface area contributed by atoms with Gasteiger partial charge in [-0.25, -0.2) is 0 Å². The lowest BCUT2D eigenvalue weighted by Crippen LogP contribution is -2.46. The first kappa shape index (κ1) is 24.8. The maximum atomic E-state index is 13.5. The molecule has 8 heteroatoms. The van der Waals surface area contributed by atoms with Crippen LogP contribution in [0.25, 0.3) is 0 Å². The van der Waals surface area contributed by atoms with E-state index < -0.39 is 0 Å². The fraction of sp³-hybridized carbons (Fsp3) is 0.643. The predicted molar refractivity (Wildman–Crippen MR) is 140 cm³/mol. The van der Waals surface area contributed by atoms with Crippen LogP contribution in [-0.2, 0) is 24.2 Å². The SMILES string of the molecule is CC(=O)NC1CCN(C(=O)c2nn(CCC3CCN(c4ccc(C)nc4)CC3)c3c2CCCC3)CC1. The zero-order valence-corrected chi connectivity index (χ0v) is 21.8. The number of nitrogens with zero attached hydrogens (tertiary/aromatic N) is 5. The lowest BCUT2D eigenvalue weighted by Gasteiger charge is -2.33. The molecule has 3 aliphatic rings. The minimum absolute atomic E-state index is 0.00502. The van der Waals surface area contributed by atoms with Gasteiger partial charge in [-0.1, -0.05) is 0 Å². The minimum Gasteiger partial charge on any atom is -0.370 e. The minimum atomic E-state index is 0.00502. The molecule has 8 nitrogen and oxygen atoms in total. The Hall–Kier alpha value is -2.90. The lowest BCUT2D eigenvalue weighted by atomic mass is 9.92. The molecule has 1 aliphatic carbocycles. The molecule has 0 radical (unpaired) electrons. The van der Waals surface area contributed by atoms with Crippen LogP contribution in [-0.4, -0.2) is 63.7 Å². The molecule has 0 saturated carbocycles. The standard InChI is InChI=1S/C28H40N6O2/c1-20-7-8-24(19-29-20)32-14-9-22(10-15-32)11-18-34-26-6-4-3-5-25(26)27(31-34)28(36)33-16-12-23(13-17-33)30-21(2)35/h7-8,19,22-23H,3-6,9-18H2,1-2H3,(H,30,35). The van der Waals surface area contributed by atoms with Crippen molar-refractivity contribution in [3.05, 3.63) is 41.0 Å². The van der Waals surface area contributed by atoms with Crippen molar-refractivity contribution in [1.29, 1.82) is 0 Å². The summed E-state index contributed by atoms with van der Waals surface area (Å²) in [5.74, 6) is 0.772. The Kier molecular flexibility index (Phi) is 7.58. The second kappa shape index (κ2) is 11.0. The van der Waals surface area contributed by atoms with Crippen molar-refractivity contribution in [3.8, 4) is 0 Å². The smallest absolute Gasteiger partial charge is 0.274 e. The van der Waals surface area contributed by atoms with E-state index in [9.17, 15) is 9.59 Å². The normalized spacial score (nSPS) is 19.3. The van der Waals surface area contributed by atoms with Crippen molar-refractivity contribution in [1.82, 2.24) is 25.0 Å². The molecule has 0 atom stereocenters. The van der Waals surface area contributed by atoms with Gasteiger partial charge in [0.05, 0.1) is 11.9 Å². The van der Waals surface area contributed by atoms with Gasteiger partial charge in [0.15, 0.2) is 5.69 Å². The van der Waals surface area contributed by atoms with Gasteiger partial charge in [-0.3, -0.25) is 19.3 Å². The molecule has 2 saturated heterocycles. The first-order chi connectivity index (χ1) is 17.5. The highest BCUT2D eigenvalue weighted by molar-refractivity contribution is 5.94. The highest BCUT2D eigenvalue weighted by Gasteiger charge is 2.31. The molecule has 0 spiro atoms. The van der Waals surface area contributed by atoms with E-state index >= 15 is 0 Å². The Labute approximate surface area is 214 Å². The summed E-state index contributed by atoms with van der Waals surface area (Å²) in [4.78, 5) is 33.7. The zero-order valence-electron chi connectivity index (χ0n) is 21.8. The summed E-state index contributed by atoms with van der Waals surface area (Å²) in [6.45, 7) is 7.99. The molecule has 36 heavy (non-hydrogen) atoms. The van der Waals surface area contributed by atoms with Gasteiger partial charge in [-0.05, 0) is 82.8 Å². The van der Waals surface area contributed by atoms with Crippen molar-refractivity contribution in [2.24, 2.45) is 5.92 Å². The fourth-order valence-corrected chi connectivity index (χ4v) is 6.12. The van der Waals surface area contributed by atoms with Gasteiger partial charge in [0.25, 0.3) is 5.91 Å². The third-order valence-electron chi connectivity index (χ3n) is 8.27. The van der Waals surface area contributed by atoms with Gasteiger partial charge in [-0.2, -0.15) is 5.10 Å². The monoisotopic (exact) mass is 492 g/mol. The molecule has 2 fully saturated rings. The Morgan fingerprint density at radius 3 is 2.47 bits per heavy atom. The van der Waals surface area contributed by atoms with Gasteiger partial charge in [0.1, 0.15) is 0 Å². The second-order valence-electron chi connectivity index (χ2n) is 10.8. The van der Waals surface area contributed by atoms with E-state index in [-0.39, 0.29) is 17.9 Å². The first-order valence-corrected chi connectivity index (χ1v) is 13.8. The van der Waals surface area contributed by atoms with E-state index in [2.05, 4.69) is 32.0 Å². The number of amides is 2. The molecular formula is C28H40N6O2. The number of carbonyl (C=O) groups is 2. The van der Waals surface area contributed by atoms with Crippen molar-refractivity contribution in [2.75, 3.05) is 31.1 Å². The molecule has 4 heterocycles. The van der Waals surface area contributed by atoms with E-state index in [0.29, 0.717) is 24.7 Å². The van der Waals surface area contributed by atoms with Crippen LogP contribution in [0.4, 0.5) is 5.69 Å². The maximum absolute atomic E-state index is 13.5. The molecular weight excluding hydrogens is 452 g/mol. The van der Waals surface area contributed by atoms with Crippen LogP contribution < -0.4 is 10.2 Å². The number of anilines is 1. The number of nitrogens with one attached hydrogen (secondary N) is 1. The van der Waals surface area contributed by atoms with E-state index in [1.54, 1.807) is 6.92 Å². The number of hydrogen-bond acceptors (Lipinski definition) is 5. The Balaban J connectivity index is 1.19. The lowest BCUT2D eigenvalue weighted by molar-refractivity contribution is -0.119. The van der Waals surface area contributed by atoms with Gasteiger partial charge in [0.2, 0.25) is 5.91 Å². The van der Waals surface area contributed by atoms with E-state index in [0.717, 1.165) is 63.9 Å². The van der Waals surface area contributed by atoms with Crippen LogP contribution in [0.5, 0.6) is 0 Å². The number of aromatic nitrogens is 3. The molecule has 1 N–H and O–H groups in total. The largest absolute Gasteiger partial charge is 0.370 e. The number of likely N-dealkylation sites (tertiary alicyclic amines) is 1. The van der Waals surface area contributed by atoms with E-state index in [1.807, 2.05) is 18.0 Å². The average molecular weight is 493 g/mol. The van der Waals surface area contributed by atoms with Crippen LogP contribution in [0.1, 0.15) is 79.3 Å². The van der Waals surface area contributed by atoms with Crippen molar-refractivity contribution in [3.63, 3.8) is 0 Å². The summed E-state index contributed by atoms with van der Waals surface area (Å²) < 4.78 is 2.17. The Morgan fingerprint density at radius 1 is 1.03 bits per heavy atom. The van der Waals surface area contributed by atoms with Crippen LogP contribution in [0.15, 0.2) is 18.3 Å². The van der Waals surface area contributed by atoms with Gasteiger partial charge in [-0.15, -0.1) is 0 Å². The van der Waals surface area contributed by atoms with E-state index in [1.165, 1.54) is 36.2 Å². The van der Waals surface area contributed by atoms with Gasteiger partial charge < -0.3 is 15.1 Å². The Morgan fingerprint density at radius 2 is 1.78 bits per heavy atom. The van der Waals surface area contributed by atoms with Crippen LogP contribution in [0.3, 0.4) is 0 Å². The van der Waals surface area contributed by atoms with Crippen molar-refractivity contribution >= 4 is 17.5 Å². The molecule has 2 amide bonds. The molecule has 0 unspecified atom stereocenters. The molecule has 194 valence electrons. The van der Waals surface area contributed by atoms with E-state index in [4.69, 9.17) is 5.10 Å². The summed E-state index contributed by atoms with van der Waals surface area (Å²) in [5, 5.41) is 7.92. The molecule has 0 bridgehead atoms. The quantitative estimate of drug-likeness (QED) is 0.667. The average Bonchev–Trinajstić information content (AvgIpc) is 3.27. The number of pyridine rings is 1. The third kappa shape index (κ3) is 5.57. The third-order valence-corrected chi connectivity index (χ3v) is 8.27. The summed E-state index contributed by atoms with van der Waals surface area (Å²) in [6.07, 6.45) is 11.4. The van der Waals surface area contributed by atoms with Gasteiger partial charge >= 0.3 is 0 Å². The molecule has 0 aromatic carbocycles. The number of carbonyl (C=O) groups excluding carboxylic acids is 2. The zero-order chi connectivity index (χ0) is 25.1. The highest BCUT2D eigenvalue weighted by Crippen LogP contribution is 2.29. The molecule has 5 rings (SSSR count). The van der Waals surface area contributed by atoms with Crippen molar-refractivity contribution < 1.29 is 9.59 Å². The summed E-state index contributed by atoms with van der Waals surface area (Å²) >= 11 is 0. The van der Waals surface area contributed by atoms with Gasteiger partial charge in [0, 0.05) is 62.6 Å². The van der Waals surface area contributed by atoms with Crippen LogP contribution in [0, 0.1) is 12.8 Å². The number of hydrogen-bond donors (Lipinski definition) is 1. The summed E-state index contributed by atoms with van der Waals surface area (Å²) in [7, 11) is 0. The topological polar surface area (TPSA) is 83.4 Å². The Bertz CT molecular complexity index is 1060. The highest BCUT2D eigenvalue weighted by atomic mass is 16.2. The maximum Gasteiger partial charge on any atom is 0.274 e.